The van der Waals surface area contributed by atoms with Crippen LogP contribution in [-0.2, 0) is 6.54 Å². The summed E-state index contributed by atoms with van der Waals surface area (Å²) >= 11 is 4.94. The summed E-state index contributed by atoms with van der Waals surface area (Å²) < 4.78 is 13.8. The van der Waals surface area contributed by atoms with Gasteiger partial charge in [0.2, 0.25) is 0 Å². The zero-order valence-electron chi connectivity index (χ0n) is 10.2. The Hall–Kier alpha value is -0.780. The Labute approximate surface area is 118 Å². The van der Waals surface area contributed by atoms with Gasteiger partial charge < -0.3 is 5.32 Å². The minimum atomic E-state index is -0.246. The lowest BCUT2D eigenvalue weighted by Crippen LogP contribution is -2.21. The Kier molecular flexibility index (Phi) is 4.48. The number of halogens is 2. The first-order valence-electron chi connectivity index (χ1n) is 5.69. The van der Waals surface area contributed by atoms with Crippen LogP contribution >= 0.6 is 27.3 Å². The topological polar surface area (TPSA) is 24.9 Å². The molecule has 0 aliphatic rings. The van der Waals surface area contributed by atoms with E-state index in [1.165, 1.54) is 12.1 Å². The molecule has 1 N–H and O–H groups in total. The Bertz CT molecular complexity index is 540. The van der Waals surface area contributed by atoms with Crippen molar-refractivity contribution in [1.82, 2.24) is 10.3 Å². The van der Waals surface area contributed by atoms with Crippen molar-refractivity contribution in [3.63, 3.8) is 0 Å². The maximum atomic E-state index is 13.0. The molecule has 96 valence electrons. The number of nitrogens with one attached hydrogen (secondary N) is 1. The fourth-order valence-corrected chi connectivity index (χ4v) is 3.01. The first-order valence-corrected chi connectivity index (χ1v) is 7.36. The minimum Gasteiger partial charge on any atom is -0.309 e. The number of hydrogen-bond donors (Lipinski definition) is 1. The lowest BCUT2D eigenvalue weighted by molar-refractivity contribution is 0.583. The Balaban J connectivity index is 2.18. The van der Waals surface area contributed by atoms with E-state index in [1.807, 2.05) is 5.38 Å². The van der Waals surface area contributed by atoms with Gasteiger partial charge in [-0.1, -0.05) is 13.8 Å². The monoisotopic (exact) mass is 328 g/mol. The first kappa shape index (κ1) is 13.6. The van der Waals surface area contributed by atoms with Crippen molar-refractivity contribution >= 4 is 27.3 Å². The summed E-state index contributed by atoms with van der Waals surface area (Å²) in [4.78, 5) is 4.55. The molecule has 0 amide bonds. The van der Waals surface area contributed by atoms with Gasteiger partial charge >= 0.3 is 0 Å². The highest BCUT2D eigenvalue weighted by molar-refractivity contribution is 9.10. The summed E-state index contributed by atoms with van der Waals surface area (Å²) in [6, 6.07) is 5.10. The van der Waals surface area contributed by atoms with E-state index >= 15 is 0 Å². The van der Waals surface area contributed by atoms with Crippen molar-refractivity contribution in [2.75, 3.05) is 0 Å². The number of thiazole rings is 1. The molecule has 2 rings (SSSR count). The third-order valence-corrected chi connectivity index (χ3v) is 3.99. The SMILES string of the molecule is CC(C)NCc1csc(-c2ccc(F)cc2Br)n1. The summed E-state index contributed by atoms with van der Waals surface area (Å²) in [6.45, 7) is 4.96. The molecule has 2 nitrogen and oxygen atoms in total. The van der Waals surface area contributed by atoms with E-state index in [-0.39, 0.29) is 5.82 Å². The summed E-state index contributed by atoms with van der Waals surface area (Å²) in [5, 5.41) is 6.26. The van der Waals surface area contributed by atoms with E-state index in [2.05, 4.69) is 40.1 Å². The van der Waals surface area contributed by atoms with Gasteiger partial charge in [-0.15, -0.1) is 11.3 Å². The molecule has 5 heteroatoms. The quantitative estimate of drug-likeness (QED) is 0.909. The molecule has 1 heterocycles. The third-order valence-electron chi connectivity index (χ3n) is 2.40. The second-order valence-corrected chi connectivity index (χ2v) is 6.02. The van der Waals surface area contributed by atoms with Crippen LogP contribution < -0.4 is 5.32 Å². The van der Waals surface area contributed by atoms with Crippen molar-refractivity contribution in [2.24, 2.45) is 0 Å². The van der Waals surface area contributed by atoms with Crippen LogP contribution in [0.4, 0.5) is 4.39 Å². The van der Waals surface area contributed by atoms with Gasteiger partial charge in [0, 0.05) is 28.0 Å². The lowest BCUT2D eigenvalue weighted by atomic mass is 10.2. The molecular weight excluding hydrogens is 315 g/mol. The highest BCUT2D eigenvalue weighted by Gasteiger charge is 2.09. The number of benzene rings is 1. The molecule has 1 aromatic carbocycles. The van der Waals surface area contributed by atoms with Crippen LogP contribution in [0, 0.1) is 5.82 Å². The molecule has 0 radical (unpaired) electrons. The fourth-order valence-electron chi connectivity index (χ4n) is 1.48. The summed E-state index contributed by atoms with van der Waals surface area (Å²) in [6.07, 6.45) is 0. The number of rotatable bonds is 4. The average Bonchev–Trinajstić information content (AvgIpc) is 2.75. The predicted molar refractivity (Wildman–Crippen MR) is 77.2 cm³/mol. The van der Waals surface area contributed by atoms with Gasteiger partial charge in [0.05, 0.1) is 5.69 Å². The second kappa shape index (κ2) is 5.91. The summed E-state index contributed by atoms with van der Waals surface area (Å²) in [5.74, 6) is -0.246. The van der Waals surface area contributed by atoms with E-state index in [0.29, 0.717) is 6.04 Å². The molecule has 0 fully saturated rings. The molecular formula is C13H14BrFN2S. The van der Waals surface area contributed by atoms with Crippen molar-refractivity contribution in [3.05, 3.63) is 39.6 Å². The highest BCUT2D eigenvalue weighted by Crippen LogP contribution is 2.31. The minimum absolute atomic E-state index is 0.246. The van der Waals surface area contributed by atoms with E-state index in [9.17, 15) is 4.39 Å². The van der Waals surface area contributed by atoms with Gasteiger partial charge in [-0.2, -0.15) is 0 Å². The number of hydrogen-bond acceptors (Lipinski definition) is 3. The average molecular weight is 329 g/mol. The molecule has 0 unspecified atom stereocenters. The number of aromatic nitrogens is 1. The molecule has 0 bridgehead atoms. The van der Waals surface area contributed by atoms with Gasteiger partial charge in [0.1, 0.15) is 10.8 Å². The van der Waals surface area contributed by atoms with Crippen LogP contribution in [0.5, 0.6) is 0 Å². The van der Waals surface area contributed by atoms with Gasteiger partial charge in [-0.3, -0.25) is 0 Å². The fraction of sp³-hybridized carbons (Fsp3) is 0.308. The second-order valence-electron chi connectivity index (χ2n) is 4.30. The zero-order valence-corrected chi connectivity index (χ0v) is 12.6. The van der Waals surface area contributed by atoms with E-state index in [1.54, 1.807) is 17.4 Å². The molecule has 0 atom stereocenters. The van der Waals surface area contributed by atoms with Crippen LogP contribution in [0.25, 0.3) is 10.6 Å². The highest BCUT2D eigenvalue weighted by atomic mass is 79.9. The van der Waals surface area contributed by atoms with Crippen molar-refractivity contribution in [3.8, 4) is 10.6 Å². The first-order chi connectivity index (χ1) is 8.56. The largest absolute Gasteiger partial charge is 0.309 e. The van der Waals surface area contributed by atoms with E-state index in [0.717, 1.165) is 27.3 Å². The molecule has 0 saturated carbocycles. The van der Waals surface area contributed by atoms with Gasteiger partial charge in [0.25, 0.3) is 0 Å². The summed E-state index contributed by atoms with van der Waals surface area (Å²) in [7, 11) is 0. The Morgan fingerprint density at radius 1 is 1.44 bits per heavy atom. The van der Waals surface area contributed by atoms with Crippen LogP contribution in [0.2, 0.25) is 0 Å². The Morgan fingerprint density at radius 3 is 2.89 bits per heavy atom. The molecule has 0 aliphatic heterocycles. The zero-order chi connectivity index (χ0) is 13.1. The maximum Gasteiger partial charge on any atom is 0.124 e. The molecule has 1 aromatic heterocycles. The molecule has 0 spiro atoms. The molecule has 2 aromatic rings. The van der Waals surface area contributed by atoms with E-state index < -0.39 is 0 Å². The Morgan fingerprint density at radius 2 is 2.22 bits per heavy atom. The third kappa shape index (κ3) is 3.37. The lowest BCUT2D eigenvalue weighted by Gasteiger charge is -2.05. The van der Waals surface area contributed by atoms with Crippen LogP contribution in [0.15, 0.2) is 28.1 Å². The summed E-state index contributed by atoms with van der Waals surface area (Å²) in [5.41, 5.74) is 1.94. The normalized spacial score (nSPS) is 11.2. The van der Waals surface area contributed by atoms with Crippen molar-refractivity contribution in [1.29, 1.82) is 0 Å². The van der Waals surface area contributed by atoms with Gasteiger partial charge in [-0.25, -0.2) is 9.37 Å². The van der Waals surface area contributed by atoms with Crippen LogP contribution in [0.3, 0.4) is 0 Å². The van der Waals surface area contributed by atoms with Crippen molar-refractivity contribution in [2.45, 2.75) is 26.4 Å². The van der Waals surface area contributed by atoms with Crippen molar-refractivity contribution < 1.29 is 4.39 Å². The standard InChI is InChI=1S/C13H14BrFN2S/c1-8(2)16-6-10-7-18-13(17-10)11-4-3-9(15)5-12(11)14/h3-5,7-8,16H,6H2,1-2H3. The van der Waals surface area contributed by atoms with Crippen LogP contribution in [0.1, 0.15) is 19.5 Å². The van der Waals surface area contributed by atoms with E-state index in [4.69, 9.17) is 0 Å². The van der Waals surface area contributed by atoms with Gasteiger partial charge in [0.15, 0.2) is 0 Å². The predicted octanol–water partition coefficient (Wildman–Crippen LogP) is 4.21. The van der Waals surface area contributed by atoms with Gasteiger partial charge in [-0.05, 0) is 34.1 Å². The molecule has 0 saturated heterocycles. The molecule has 0 aliphatic carbocycles. The number of nitrogens with zero attached hydrogens (tertiary/aromatic N) is 1. The van der Waals surface area contributed by atoms with Crippen LogP contribution in [-0.4, -0.2) is 11.0 Å². The maximum absolute atomic E-state index is 13.0. The molecule has 18 heavy (non-hydrogen) atoms. The smallest absolute Gasteiger partial charge is 0.124 e.